The van der Waals surface area contributed by atoms with E-state index < -0.39 is 0 Å². The number of likely N-dealkylation sites (N-methyl/N-ethyl adjacent to an activating group) is 1. The number of fused-ring (bicyclic) bond motifs is 1. The Labute approximate surface area is 173 Å². The van der Waals surface area contributed by atoms with Crippen LogP contribution in [0.5, 0.6) is 5.75 Å². The first-order valence-corrected chi connectivity index (χ1v) is 10.1. The van der Waals surface area contributed by atoms with E-state index in [4.69, 9.17) is 9.47 Å². The second-order valence-electron chi connectivity index (χ2n) is 8.02. The molecule has 8 heteroatoms. The maximum Gasteiger partial charge on any atom is 0.319 e. The highest BCUT2D eigenvalue weighted by Gasteiger charge is 2.25. The summed E-state index contributed by atoms with van der Waals surface area (Å²) in [7, 11) is 3.42. The molecule has 2 rings (SSSR count). The molecule has 3 N–H and O–H groups in total. The summed E-state index contributed by atoms with van der Waals surface area (Å²) in [6, 6.07) is 4.92. The number of rotatable bonds is 3. The van der Waals surface area contributed by atoms with Crippen molar-refractivity contribution in [2.75, 3.05) is 39.2 Å². The number of urea groups is 1. The molecule has 0 aliphatic carbocycles. The molecule has 8 nitrogen and oxygen atoms in total. The van der Waals surface area contributed by atoms with Gasteiger partial charge in [-0.05, 0) is 44.9 Å². The van der Waals surface area contributed by atoms with Gasteiger partial charge in [-0.25, -0.2) is 4.79 Å². The van der Waals surface area contributed by atoms with E-state index in [0.717, 1.165) is 6.54 Å². The lowest BCUT2D eigenvalue weighted by Crippen LogP contribution is -2.44. The molecule has 162 valence electrons. The van der Waals surface area contributed by atoms with Crippen molar-refractivity contribution in [2.24, 2.45) is 5.92 Å². The molecule has 1 heterocycles. The standard InChI is InChI=1S/C21H34N4O4/c1-13(2)23-21(27)24-16-7-8-18-17(9-16)20(26)25(5)11-19(28-6)14(3)10-22-15(4)12-29-18/h7-9,13-15,19,22H,10-12H2,1-6H3,(H2,23,24,27)/t14-,15+,19-/m0/s1. The summed E-state index contributed by atoms with van der Waals surface area (Å²) in [6.45, 7) is 9.56. The number of benzene rings is 1. The molecular weight excluding hydrogens is 372 g/mol. The number of amides is 3. The third kappa shape index (κ3) is 6.61. The molecule has 0 unspecified atom stereocenters. The lowest BCUT2D eigenvalue weighted by atomic mass is 10.0. The average molecular weight is 407 g/mol. The monoisotopic (exact) mass is 406 g/mol. The van der Waals surface area contributed by atoms with Gasteiger partial charge in [0.25, 0.3) is 5.91 Å². The summed E-state index contributed by atoms with van der Waals surface area (Å²) in [4.78, 5) is 26.8. The van der Waals surface area contributed by atoms with Gasteiger partial charge < -0.3 is 30.3 Å². The van der Waals surface area contributed by atoms with E-state index in [0.29, 0.717) is 30.2 Å². The minimum atomic E-state index is -0.319. The van der Waals surface area contributed by atoms with Crippen LogP contribution in [0, 0.1) is 5.92 Å². The van der Waals surface area contributed by atoms with Crippen molar-refractivity contribution in [3.8, 4) is 5.75 Å². The molecule has 3 atom stereocenters. The van der Waals surface area contributed by atoms with E-state index in [9.17, 15) is 9.59 Å². The van der Waals surface area contributed by atoms with E-state index in [1.807, 2.05) is 20.8 Å². The number of carbonyl (C=O) groups excluding carboxylic acids is 2. The zero-order valence-corrected chi connectivity index (χ0v) is 18.2. The highest BCUT2D eigenvalue weighted by atomic mass is 16.5. The normalized spacial score (nSPS) is 23.5. The van der Waals surface area contributed by atoms with Crippen molar-refractivity contribution in [2.45, 2.75) is 45.9 Å². The lowest BCUT2D eigenvalue weighted by Gasteiger charge is -2.30. The van der Waals surface area contributed by atoms with Gasteiger partial charge in [0.05, 0.1) is 11.7 Å². The van der Waals surface area contributed by atoms with E-state index in [1.54, 1.807) is 37.3 Å². The first kappa shape index (κ1) is 23.0. The smallest absolute Gasteiger partial charge is 0.319 e. The van der Waals surface area contributed by atoms with Gasteiger partial charge in [-0.1, -0.05) is 6.92 Å². The van der Waals surface area contributed by atoms with Crippen LogP contribution in [0.1, 0.15) is 38.1 Å². The second kappa shape index (κ2) is 10.5. The van der Waals surface area contributed by atoms with Crippen LogP contribution in [0.3, 0.4) is 0 Å². The van der Waals surface area contributed by atoms with Gasteiger partial charge in [0.15, 0.2) is 0 Å². The summed E-state index contributed by atoms with van der Waals surface area (Å²) in [5.41, 5.74) is 0.937. The molecule has 3 amide bonds. The van der Waals surface area contributed by atoms with Gasteiger partial charge in [0.1, 0.15) is 12.4 Å². The zero-order chi connectivity index (χ0) is 21.6. The van der Waals surface area contributed by atoms with E-state index in [1.165, 1.54) is 0 Å². The first-order chi connectivity index (χ1) is 13.7. The topological polar surface area (TPSA) is 91.9 Å². The van der Waals surface area contributed by atoms with Gasteiger partial charge >= 0.3 is 6.03 Å². The van der Waals surface area contributed by atoms with Gasteiger partial charge in [-0.3, -0.25) is 4.79 Å². The molecule has 0 saturated carbocycles. The molecule has 1 aromatic carbocycles. The fourth-order valence-corrected chi connectivity index (χ4v) is 3.17. The molecule has 29 heavy (non-hydrogen) atoms. The Morgan fingerprint density at radius 2 is 2.07 bits per heavy atom. The largest absolute Gasteiger partial charge is 0.491 e. The van der Waals surface area contributed by atoms with Crippen LogP contribution < -0.4 is 20.7 Å². The number of nitrogens with zero attached hydrogens (tertiary/aromatic N) is 1. The summed E-state index contributed by atoms with van der Waals surface area (Å²) in [5.74, 6) is 0.542. The number of hydrogen-bond acceptors (Lipinski definition) is 5. The predicted molar refractivity (Wildman–Crippen MR) is 114 cm³/mol. The number of hydrogen-bond donors (Lipinski definition) is 3. The van der Waals surface area contributed by atoms with Gasteiger partial charge in [0.2, 0.25) is 0 Å². The third-order valence-corrected chi connectivity index (χ3v) is 4.90. The Bertz CT molecular complexity index is 710. The summed E-state index contributed by atoms with van der Waals surface area (Å²) in [6.07, 6.45) is -0.0921. The minimum Gasteiger partial charge on any atom is -0.491 e. The summed E-state index contributed by atoms with van der Waals surface area (Å²) in [5, 5.41) is 8.99. The third-order valence-electron chi connectivity index (χ3n) is 4.90. The van der Waals surface area contributed by atoms with Crippen molar-refractivity contribution in [1.82, 2.24) is 15.5 Å². The van der Waals surface area contributed by atoms with E-state index >= 15 is 0 Å². The van der Waals surface area contributed by atoms with Crippen LogP contribution in [0.15, 0.2) is 18.2 Å². The van der Waals surface area contributed by atoms with E-state index in [-0.39, 0.29) is 36.0 Å². The molecule has 0 spiro atoms. The molecule has 0 radical (unpaired) electrons. The van der Waals surface area contributed by atoms with Gasteiger partial charge in [0, 0.05) is 45.0 Å². The molecular formula is C21H34N4O4. The number of ether oxygens (including phenoxy) is 2. The highest BCUT2D eigenvalue weighted by molar-refractivity contribution is 5.99. The Balaban J connectivity index is 2.31. The number of methoxy groups -OCH3 is 1. The molecule has 0 fully saturated rings. The van der Waals surface area contributed by atoms with E-state index in [2.05, 4.69) is 22.9 Å². The number of nitrogens with one attached hydrogen (secondary N) is 3. The second-order valence-corrected chi connectivity index (χ2v) is 8.02. The Kier molecular flexibility index (Phi) is 8.28. The summed E-state index contributed by atoms with van der Waals surface area (Å²) >= 11 is 0. The van der Waals surface area contributed by atoms with Crippen molar-refractivity contribution >= 4 is 17.6 Å². The minimum absolute atomic E-state index is 0.0114. The molecule has 1 aliphatic rings. The average Bonchev–Trinajstić information content (AvgIpc) is 2.66. The first-order valence-electron chi connectivity index (χ1n) is 10.1. The number of anilines is 1. The molecule has 1 aromatic rings. The maximum atomic E-state index is 13.2. The fourth-order valence-electron chi connectivity index (χ4n) is 3.17. The summed E-state index contributed by atoms with van der Waals surface area (Å²) < 4.78 is 11.6. The van der Waals surface area contributed by atoms with Crippen LogP contribution >= 0.6 is 0 Å². The van der Waals surface area contributed by atoms with Crippen molar-refractivity contribution in [3.05, 3.63) is 23.8 Å². The van der Waals surface area contributed by atoms with Crippen molar-refractivity contribution < 1.29 is 19.1 Å². The Morgan fingerprint density at radius 3 is 2.72 bits per heavy atom. The lowest BCUT2D eigenvalue weighted by molar-refractivity contribution is 0.0281. The Morgan fingerprint density at radius 1 is 1.34 bits per heavy atom. The van der Waals surface area contributed by atoms with Gasteiger partial charge in [-0.2, -0.15) is 0 Å². The van der Waals surface area contributed by atoms with Crippen molar-refractivity contribution in [3.63, 3.8) is 0 Å². The SMILES string of the molecule is CO[C@H]1CN(C)C(=O)c2cc(NC(=O)NC(C)C)ccc2OC[C@@H](C)NC[C@@H]1C. The Hall–Kier alpha value is -2.32. The predicted octanol–water partition coefficient (Wildman–Crippen LogP) is 2.31. The van der Waals surface area contributed by atoms with Crippen LogP contribution in [0.2, 0.25) is 0 Å². The van der Waals surface area contributed by atoms with Crippen molar-refractivity contribution in [1.29, 1.82) is 0 Å². The number of carbonyl (C=O) groups is 2. The van der Waals surface area contributed by atoms with Crippen LogP contribution in [-0.4, -0.2) is 68.9 Å². The molecule has 0 saturated heterocycles. The van der Waals surface area contributed by atoms with Gasteiger partial charge in [-0.15, -0.1) is 0 Å². The molecule has 0 bridgehead atoms. The van der Waals surface area contributed by atoms with Crippen LogP contribution in [0.25, 0.3) is 0 Å². The zero-order valence-electron chi connectivity index (χ0n) is 18.2. The fraction of sp³-hybridized carbons (Fsp3) is 0.619. The maximum absolute atomic E-state index is 13.2. The molecule has 0 aromatic heterocycles. The highest BCUT2D eigenvalue weighted by Crippen LogP contribution is 2.25. The van der Waals surface area contributed by atoms with Crippen LogP contribution in [0.4, 0.5) is 10.5 Å². The molecule has 1 aliphatic heterocycles. The van der Waals surface area contributed by atoms with Crippen LogP contribution in [-0.2, 0) is 4.74 Å². The quantitative estimate of drug-likeness (QED) is 0.716.